The van der Waals surface area contributed by atoms with Crippen LogP contribution in [0, 0.1) is 14.4 Å². The zero-order valence-electron chi connectivity index (χ0n) is 3.82. The molecule has 0 unspecified atom stereocenters. The second-order valence-corrected chi connectivity index (χ2v) is 0.500. The van der Waals surface area contributed by atoms with Crippen molar-refractivity contribution >= 4 is 0 Å². The van der Waals surface area contributed by atoms with E-state index in [4.69, 9.17) is 0 Å². The molecule has 0 fully saturated rings. The molecule has 0 aliphatic rings. The van der Waals surface area contributed by atoms with Gasteiger partial charge in [-0.1, -0.05) is 6.92 Å². The molecule has 0 bridgehead atoms. The Morgan fingerprint density at radius 1 is 1.60 bits per heavy atom. The molecule has 0 radical (unpaired) electrons. The van der Waals surface area contributed by atoms with E-state index >= 15 is 0 Å². The van der Waals surface area contributed by atoms with E-state index in [1.54, 1.807) is 0 Å². The molecule has 1 heteroatoms. The van der Waals surface area contributed by atoms with Gasteiger partial charge in [0.25, 0.3) is 0 Å². The topological polar surface area (TPSA) is 0 Å². The van der Waals surface area contributed by atoms with Gasteiger partial charge in [0.05, 0.1) is 0 Å². The molecule has 0 N–H and O–H groups in total. The molecule has 0 aliphatic heterocycles. The summed E-state index contributed by atoms with van der Waals surface area (Å²) in [5.41, 5.74) is 0. The summed E-state index contributed by atoms with van der Waals surface area (Å²) in [6.07, 6.45) is 1.00. The fraction of sp³-hybridized carbons (Fsp3) is 0.500. The summed E-state index contributed by atoms with van der Waals surface area (Å²) < 4.78 is 0. The molecule has 0 rings (SSSR count). The maximum atomic E-state index is 3.49. The Bertz CT molecular complexity index is 3.61. The van der Waals surface area contributed by atoms with Crippen molar-refractivity contribution < 1.29 is 21.1 Å². The van der Waals surface area contributed by atoms with Crippen molar-refractivity contribution in [1.82, 2.24) is 0 Å². The minimum absolute atomic E-state index is 0. The van der Waals surface area contributed by atoms with Gasteiger partial charge in [-0.05, 0) is 0 Å². The molecule has 0 aliphatic carbocycles. The van der Waals surface area contributed by atoms with Crippen LogP contribution in [0.25, 0.3) is 0 Å². The minimum Gasteiger partial charge on any atom is -0.358 e. The summed E-state index contributed by atoms with van der Waals surface area (Å²) in [4.78, 5) is 0. The molecule has 0 aromatic rings. The molecule has 5 heavy (non-hydrogen) atoms. The molecule has 0 spiro atoms. The maximum Gasteiger partial charge on any atom is 2.00 e. The zero-order valence-corrected chi connectivity index (χ0v) is 5.83. The van der Waals surface area contributed by atoms with Crippen LogP contribution in [-0.4, -0.2) is 0 Å². The van der Waals surface area contributed by atoms with Gasteiger partial charge in [-0.15, -0.1) is 0 Å². The van der Waals surface area contributed by atoms with Crippen LogP contribution in [0.5, 0.6) is 0 Å². The maximum absolute atomic E-state index is 3.49. The summed E-state index contributed by atoms with van der Waals surface area (Å²) >= 11 is 0. The Morgan fingerprint density at radius 3 is 1.60 bits per heavy atom. The van der Waals surface area contributed by atoms with Crippen molar-refractivity contribution in [3.05, 3.63) is 14.4 Å². The second-order valence-electron chi connectivity index (χ2n) is 0.500. The summed E-state index contributed by atoms with van der Waals surface area (Å²) in [5.74, 6) is 0. The molecule has 0 atom stereocenters. The fourth-order valence-electron chi connectivity index (χ4n) is 0. The number of hydrogen-bond donors (Lipinski definition) is 0. The Hall–Kier alpha value is 0.688. The van der Waals surface area contributed by atoms with Crippen molar-refractivity contribution in [1.29, 1.82) is 0 Å². The summed E-state index contributed by atoms with van der Waals surface area (Å²) in [7, 11) is 0. The van der Waals surface area contributed by atoms with E-state index in [9.17, 15) is 0 Å². The van der Waals surface area contributed by atoms with Crippen LogP contribution in [0.4, 0.5) is 0 Å². The Labute approximate surface area is 49.2 Å². The molecule has 0 saturated heterocycles. The van der Waals surface area contributed by atoms with Crippen LogP contribution in [0.2, 0.25) is 0 Å². The van der Waals surface area contributed by atoms with Gasteiger partial charge in [0, 0.05) is 0 Å². The van der Waals surface area contributed by atoms with Gasteiger partial charge < -0.3 is 14.4 Å². The molecular weight excluding hydrogens is 144 g/mol. The van der Waals surface area contributed by atoms with E-state index in [1.165, 1.54) is 0 Å². The third kappa shape index (κ3) is 71.5. The first kappa shape index (κ1) is 17.3. The fourth-order valence-corrected chi connectivity index (χ4v) is 0. The third-order valence-corrected chi connectivity index (χ3v) is 0. The van der Waals surface area contributed by atoms with E-state index in [2.05, 4.69) is 6.92 Å². The summed E-state index contributed by atoms with van der Waals surface area (Å²) in [6, 6.07) is 0. The van der Waals surface area contributed by atoms with Crippen LogP contribution in [0.3, 0.4) is 0 Å². The molecule has 0 amide bonds. The van der Waals surface area contributed by atoms with Gasteiger partial charge >= 0.3 is 21.1 Å². The van der Waals surface area contributed by atoms with Crippen molar-refractivity contribution in [2.24, 2.45) is 0 Å². The predicted molar refractivity (Wildman–Crippen MR) is 22.1 cm³/mol. The van der Waals surface area contributed by atoms with E-state index in [-0.39, 0.29) is 28.5 Å². The average Bonchev–Trinajstić information content (AvgIpc) is 0.918. The monoisotopic (exact) mass is 156 g/mol. The third-order valence-electron chi connectivity index (χ3n) is 0. The molecule has 0 nitrogen and oxygen atoms in total. The minimum atomic E-state index is 0. The summed E-state index contributed by atoms with van der Waals surface area (Å²) in [6.45, 7) is 5.50. The quantitative estimate of drug-likeness (QED) is 0.367. The molecule has 0 saturated carbocycles. The SMILES string of the molecule is [CH2-]CC.[CH3-].[Mo+2]. The Morgan fingerprint density at radius 2 is 1.60 bits per heavy atom. The number of rotatable bonds is 0. The smallest absolute Gasteiger partial charge is 0.358 e. The van der Waals surface area contributed by atoms with Crippen LogP contribution >= 0.6 is 0 Å². The van der Waals surface area contributed by atoms with Crippen LogP contribution in [0.1, 0.15) is 13.3 Å². The average molecular weight is 154 g/mol. The standard InChI is InChI=1S/C3H7.CH3.Mo/c1-3-2;;/h1,3H2,2H3;1H3;/q2*-1;+2. The number of hydrogen-bond acceptors (Lipinski definition) is 0. The first-order valence-electron chi connectivity index (χ1n) is 1.21. The van der Waals surface area contributed by atoms with Gasteiger partial charge in [0.2, 0.25) is 0 Å². The zero-order chi connectivity index (χ0) is 2.71. The van der Waals surface area contributed by atoms with E-state index in [1.807, 2.05) is 6.92 Å². The first-order valence-corrected chi connectivity index (χ1v) is 1.21. The van der Waals surface area contributed by atoms with Crippen molar-refractivity contribution in [2.45, 2.75) is 13.3 Å². The van der Waals surface area contributed by atoms with E-state index in [0.717, 1.165) is 6.42 Å². The molecule has 0 aromatic heterocycles. The summed E-state index contributed by atoms with van der Waals surface area (Å²) in [5, 5.41) is 0. The normalized spacial score (nSPS) is 3.60. The van der Waals surface area contributed by atoms with Gasteiger partial charge in [0.15, 0.2) is 0 Å². The Kier molecular flexibility index (Phi) is 77.4. The van der Waals surface area contributed by atoms with Crippen molar-refractivity contribution in [3.63, 3.8) is 0 Å². The van der Waals surface area contributed by atoms with Crippen LogP contribution in [-0.2, 0) is 21.1 Å². The molecule has 32 valence electrons. The first-order chi connectivity index (χ1) is 1.41. The van der Waals surface area contributed by atoms with Gasteiger partial charge in [-0.25, -0.2) is 0 Å². The predicted octanol–water partition coefficient (Wildman–Crippen LogP) is 1.68. The second kappa shape index (κ2) is 22.4. The van der Waals surface area contributed by atoms with E-state index < -0.39 is 0 Å². The van der Waals surface area contributed by atoms with Gasteiger partial charge in [-0.2, -0.15) is 6.42 Å². The van der Waals surface area contributed by atoms with Crippen LogP contribution < -0.4 is 0 Å². The van der Waals surface area contributed by atoms with Crippen molar-refractivity contribution in [2.75, 3.05) is 0 Å². The molecular formula is C4H10Mo. The Balaban J connectivity index is -0.0000000200. The van der Waals surface area contributed by atoms with Crippen LogP contribution in [0.15, 0.2) is 0 Å². The van der Waals surface area contributed by atoms with Gasteiger partial charge in [-0.3, -0.25) is 0 Å². The largest absolute Gasteiger partial charge is 2.00 e. The molecule has 0 aromatic carbocycles. The molecule has 0 heterocycles. The van der Waals surface area contributed by atoms with E-state index in [0.29, 0.717) is 0 Å². The van der Waals surface area contributed by atoms with Gasteiger partial charge in [0.1, 0.15) is 0 Å². The van der Waals surface area contributed by atoms with Crippen molar-refractivity contribution in [3.8, 4) is 0 Å².